The van der Waals surface area contributed by atoms with Crippen LogP contribution < -0.4 is 5.32 Å². The zero-order valence-electron chi connectivity index (χ0n) is 14.5. The van der Waals surface area contributed by atoms with Gasteiger partial charge in [-0.3, -0.25) is 4.79 Å². The summed E-state index contributed by atoms with van der Waals surface area (Å²) in [6, 6.07) is 0. The van der Waals surface area contributed by atoms with Crippen molar-refractivity contribution in [3.05, 3.63) is 0 Å². The lowest BCUT2D eigenvalue weighted by Gasteiger charge is -2.34. The Kier molecular flexibility index (Phi) is 7.67. The normalized spacial score (nSPS) is 23.3. The SMILES string of the molecule is CNCCC1CCN(C(=O)C(C)OC2CCCCCC2)CC1. The standard InChI is InChI=1S/C18H34N2O2/c1-15(22-17-7-5-3-4-6-8-17)18(21)20-13-10-16(11-14-20)9-12-19-2/h15-17,19H,3-14H2,1-2H3. The van der Waals surface area contributed by atoms with E-state index in [1.54, 1.807) is 0 Å². The van der Waals surface area contributed by atoms with E-state index in [0.717, 1.165) is 51.2 Å². The molecule has 128 valence electrons. The molecule has 1 saturated carbocycles. The van der Waals surface area contributed by atoms with Crippen molar-refractivity contribution < 1.29 is 9.53 Å². The molecule has 1 unspecified atom stereocenters. The molecule has 1 atom stereocenters. The van der Waals surface area contributed by atoms with Gasteiger partial charge >= 0.3 is 0 Å². The van der Waals surface area contributed by atoms with Crippen LogP contribution in [-0.2, 0) is 9.53 Å². The van der Waals surface area contributed by atoms with Crippen molar-refractivity contribution in [2.45, 2.75) is 76.9 Å². The minimum atomic E-state index is -0.267. The van der Waals surface area contributed by atoms with Crippen LogP contribution in [0.15, 0.2) is 0 Å². The van der Waals surface area contributed by atoms with Crippen LogP contribution in [0.5, 0.6) is 0 Å². The second kappa shape index (κ2) is 9.51. The van der Waals surface area contributed by atoms with Gasteiger partial charge in [0.05, 0.1) is 6.10 Å². The maximum Gasteiger partial charge on any atom is 0.251 e. The number of nitrogens with zero attached hydrogens (tertiary/aromatic N) is 1. The molecule has 1 saturated heterocycles. The van der Waals surface area contributed by atoms with Gasteiger partial charge in [0.25, 0.3) is 5.91 Å². The van der Waals surface area contributed by atoms with Gasteiger partial charge in [-0.05, 0) is 58.5 Å². The molecule has 0 aromatic carbocycles. The average Bonchev–Trinajstić information content (AvgIpc) is 2.81. The fourth-order valence-electron chi connectivity index (χ4n) is 3.77. The summed E-state index contributed by atoms with van der Waals surface area (Å²) < 4.78 is 6.08. The maximum atomic E-state index is 12.6. The van der Waals surface area contributed by atoms with E-state index < -0.39 is 0 Å². The number of rotatable bonds is 6. The van der Waals surface area contributed by atoms with Crippen LogP contribution in [-0.4, -0.2) is 49.7 Å². The number of piperidine rings is 1. The number of nitrogens with one attached hydrogen (secondary N) is 1. The highest BCUT2D eigenvalue weighted by atomic mass is 16.5. The van der Waals surface area contributed by atoms with Crippen molar-refractivity contribution in [2.75, 3.05) is 26.7 Å². The van der Waals surface area contributed by atoms with Gasteiger partial charge in [-0.25, -0.2) is 0 Å². The van der Waals surface area contributed by atoms with Crippen LogP contribution in [0.4, 0.5) is 0 Å². The topological polar surface area (TPSA) is 41.6 Å². The van der Waals surface area contributed by atoms with E-state index in [9.17, 15) is 4.79 Å². The molecule has 0 spiro atoms. The predicted molar refractivity (Wildman–Crippen MR) is 89.9 cm³/mol. The van der Waals surface area contributed by atoms with E-state index in [1.807, 2.05) is 18.9 Å². The summed E-state index contributed by atoms with van der Waals surface area (Å²) in [5, 5.41) is 3.22. The molecule has 0 radical (unpaired) electrons. The Hall–Kier alpha value is -0.610. The van der Waals surface area contributed by atoms with Crippen LogP contribution in [0, 0.1) is 5.92 Å². The molecular weight excluding hydrogens is 276 g/mol. The molecule has 4 nitrogen and oxygen atoms in total. The third kappa shape index (κ3) is 5.54. The van der Waals surface area contributed by atoms with Gasteiger partial charge in [-0.1, -0.05) is 25.7 Å². The molecule has 22 heavy (non-hydrogen) atoms. The van der Waals surface area contributed by atoms with Crippen molar-refractivity contribution in [1.29, 1.82) is 0 Å². The van der Waals surface area contributed by atoms with Gasteiger partial charge in [0, 0.05) is 13.1 Å². The molecule has 2 fully saturated rings. The minimum absolute atomic E-state index is 0.205. The van der Waals surface area contributed by atoms with E-state index >= 15 is 0 Å². The Bertz CT molecular complexity index is 319. The van der Waals surface area contributed by atoms with Crippen LogP contribution in [0.2, 0.25) is 0 Å². The first-order chi connectivity index (χ1) is 10.7. The van der Waals surface area contributed by atoms with E-state index in [-0.39, 0.29) is 12.0 Å². The van der Waals surface area contributed by atoms with Crippen molar-refractivity contribution in [3.63, 3.8) is 0 Å². The number of likely N-dealkylation sites (tertiary alicyclic amines) is 1. The monoisotopic (exact) mass is 310 g/mol. The molecule has 2 rings (SSSR count). The van der Waals surface area contributed by atoms with E-state index in [2.05, 4.69) is 5.32 Å². The molecule has 1 amide bonds. The number of amides is 1. The quantitative estimate of drug-likeness (QED) is 0.767. The lowest BCUT2D eigenvalue weighted by Crippen LogP contribution is -2.45. The molecule has 1 aliphatic carbocycles. The minimum Gasteiger partial charge on any atom is -0.365 e. The molecule has 0 aromatic rings. The first-order valence-electron chi connectivity index (χ1n) is 9.29. The lowest BCUT2D eigenvalue weighted by molar-refractivity contribution is -0.148. The second-order valence-corrected chi connectivity index (χ2v) is 7.05. The van der Waals surface area contributed by atoms with Crippen molar-refractivity contribution in [2.24, 2.45) is 5.92 Å². The first-order valence-corrected chi connectivity index (χ1v) is 9.29. The summed E-state index contributed by atoms with van der Waals surface area (Å²) in [5.74, 6) is 0.978. The van der Waals surface area contributed by atoms with Crippen molar-refractivity contribution in [3.8, 4) is 0 Å². The smallest absolute Gasteiger partial charge is 0.251 e. The van der Waals surface area contributed by atoms with Gasteiger partial charge in [0.1, 0.15) is 6.10 Å². The molecule has 0 aromatic heterocycles. The highest BCUT2D eigenvalue weighted by Gasteiger charge is 2.28. The van der Waals surface area contributed by atoms with E-state index in [1.165, 1.54) is 32.1 Å². The lowest BCUT2D eigenvalue weighted by atomic mass is 9.93. The zero-order valence-corrected chi connectivity index (χ0v) is 14.5. The molecule has 1 aliphatic heterocycles. The van der Waals surface area contributed by atoms with Crippen LogP contribution >= 0.6 is 0 Å². The number of hydrogen-bond acceptors (Lipinski definition) is 3. The Balaban J connectivity index is 1.71. The van der Waals surface area contributed by atoms with Crippen LogP contribution in [0.3, 0.4) is 0 Å². The van der Waals surface area contributed by atoms with E-state index in [4.69, 9.17) is 4.74 Å². The number of carbonyl (C=O) groups is 1. The van der Waals surface area contributed by atoms with E-state index in [0.29, 0.717) is 6.10 Å². The summed E-state index contributed by atoms with van der Waals surface area (Å²) in [5.41, 5.74) is 0. The number of ether oxygens (including phenoxy) is 1. The Morgan fingerprint density at radius 3 is 2.36 bits per heavy atom. The van der Waals surface area contributed by atoms with Gasteiger partial charge in [0.2, 0.25) is 0 Å². The van der Waals surface area contributed by atoms with Gasteiger partial charge in [0.15, 0.2) is 0 Å². The summed E-state index contributed by atoms with van der Waals surface area (Å²) in [4.78, 5) is 14.6. The molecule has 2 aliphatic rings. The molecule has 1 N–H and O–H groups in total. The van der Waals surface area contributed by atoms with Gasteiger partial charge < -0.3 is 15.0 Å². The molecular formula is C18H34N2O2. The Morgan fingerprint density at radius 2 is 1.77 bits per heavy atom. The van der Waals surface area contributed by atoms with Crippen molar-refractivity contribution in [1.82, 2.24) is 10.2 Å². The molecule has 4 heteroatoms. The third-order valence-corrected chi connectivity index (χ3v) is 5.28. The fraction of sp³-hybridized carbons (Fsp3) is 0.944. The van der Waals surface area contributed by atoms with Gasteiger partial charge in [-0.15, -0.1) is 0 Å². The number of hydrogen-bond donors (Lipinski definition) is 1. The first kappa shape index (κ1) is 17.7. The maximum absolute atomic E-state index is 12.6. The highest BCUT2D eigenvalue weighted by Crippen LogP contribution is 2.23. The fourth-order valence-corrected chi connectivity index (χ4v) is 3.77. The summed E-state index contributed by atoms with van der Waals surface area (Å²) in [6.45, 7) is 4.84. The average molecular weight is 310 g/mol. The van der Waals surface area contributed by atoms with Crippen molar-refractivity contribution >= 4 is 5.91 Å². The highest BCUT2D eigenvalue weighted by molar-refractivity contribution is 5.80. The summed E-state index contributed by atoms with van der Waals surface area (Å²) in [7, 11) is 2.01. The molecule has 1 heterocycles. The third-order valence-electron chi connectivity index (χ3n) is 5.28. The zero-order chi connectivity index (χ0) is 15.8. The summed E-state index contributed by atoms with van der Waals surface area (Å²) >= 11 is 0. The predicted octanol–water partition coefficient (Wildman–Crippen LogP) is 2.96. The summed E-state index contributed by atoms with van der Waals surface area (Å²) in [6.07, 6.45) is 11.0. The Labute approximate surface area is 136 Å². The molecule has 0 bridgehead atoms. The number of carbonyl (C=O) groups excluding carboxylic acids is 1. The van der Waals surface area contributed by atoms with Crippen LogP contribution in [0.25, 0.3) is 0 Å². The van der Waals surface area contributed by atoms with Gasteiger partial charge in [-0.2, -0.15) is 0 Å². The largest absolute Gasteiger partial charge is 0.365 e. The Morgan fingerprint density at radius 1 is 1.14 bits per heavy atom. The van der Waals surface area contributed by atoms with Crippen LogP contribution in [0.1, 0.15) is 64.7 Å². The second-order valence-electron chi connectivity index (χ2n) is 7.05.